The molecule has 124 valence electrons. The molecular formula is C24H17NO. The zero-order valence-electron chi connectivity index (χ0n) is 14.1. The predicted molar refractivity (Wildman–Crippen MR) is 109 cm³/mol. The summed E-state index contributed by atoms with van der Waals surface area (Å²) in [6.45, 7) is 0. The van der Waals surface area contributed by atoms with Crippen LogP contribution in [-0.2, 0) is 0 Å². The molecule has 2 N–H and O–H groups in total. The topological polar surface area (TPSA) is 39.2 Å². The molecule has 5 aromatic rings. The van der Waals surface area contributed by atoms with Crippen molar-refractivity contribution in [2.75, 3.05) is 5.73 Å². The van der Waals surface area contributed by atoms with Gasteiger partial charge in [-0.05, 0) is 34.9 Å². The van der Waals surface area contributed by atoms with E-state index < -0.39 is 0 Å². The van der Waals surface area contributed by atoms with E-state index in [1.807, 2.05) is 30.3 Å². The summed E-state index contributed by atoms with van der Waals surface area (Å²) in [6, 6.07) is 30.9. The minimum atomic E-state index is 0.769. The van der Waals surface area contributed by atoms with E-state index in [0.717, 1.165) is 44.3 Å². The number of nitrogens with two attached hydrogens (primary N) is 1. The summed E-state index contributed by atoms with van der Waals surface area (Å²) in [7, 11) is 0. The van der Waals surface area contributed by atoms with Gasteiger partial charge in [0.05, 0.1) is 0 Å². The molecule has 0 aliphatic heterocycles. The fourth-order valence-electron chi connectivity index (χ4n) is 3.59. The van der Waals surface area contributed by atoms with Gasteiger partial charge in [0.25, 0.3) is 0 Å². The number of anilines is 1. The molecule has 0 aliphatic rings. The summed E-state index contributed by atoms with van der Waals surface area (Å²) in [5.41, 5.74) is 13.0. The first-order valence-electron chi connectivity index (χ1n) is 8.67. The highest BCUT2D eigenvalue weighted by Gasteiger charge is 2.14. The number of nitrogen functional groups attached to an aromatic ring is 1. The summed E-state index contributed by atoms with van der Waals surface area (Å²) in [6.07, 6.45) is 0. The van der Waals surface area contributed by atoms with E-state index in [1.54, 1.807) is 0 Å². The molecule has 0 spiro atoms. The molecule has 0 bridgehead atoms. The number of fused-ring (bicyclic) bond motifs is 3. The maximum atomic E-state index is 6.23. The van der Waals surface area contributed by atoms with Crippen LogP contribution in [0.3, 0.4) is 0 Å². The first-order valence-corrected chi connectivity index (χ1v) is 8.67. The molecule has 0 saturated heterocycles. The van der Waals surface area contributed by atoms with E-state index in [9.17, 15) is 0 Å². The zero-order chi connectivity index (χ0) is 17.5. The summed E-state index contributed by atoms with van der Waals surface area (Å²) >= 11 is 0. The summed E-state index contributed by atoms with van der Waals surface area (Å²) < 4.78 is 6.23. The van der Waals surface area contributed by atoms with Crippen molar-refractivity contribution in [1.82, 2.24) is 0 Å². The lowest BCUT2D eigenvalue weighted by molar-refractivity contribution is 0.670. The first-order chi connectivity index (χ1) is 12.8. The van der Waals surface area contributed by atoms with Gasteiger partial charge in [-0.25, -0.2) is 0 Å². The molecule has 0 saturated carbocycles. The van der Waals surface area contributed by atoms with Crippen molar-refractivity contribution in [3.63, 3.8) is 0 Å². The molecule has 2 heteroatoms. The van der Waals surface area contributed by atoms with Crippen LogP contribution >= 0.6 is 0 Å². The molecule has 0 aliphatic carbocycles. The van der Waals surface area contributed by atoms with E-state index in [-0.39, 0.29) is 0 Å². The fraction of sp³-hybridized carbons (Fsp3) is 0. The van der Waals surface area contributed by atoms with Gasteiger partial charge >= 0.3 is 0 Å². The van der Waals surface area contributed by atoms with Gasteiger partial charge in [0, 0.05) is 22.0 Å². The van der Waals surface area contributed by atoms with E-state index in [4.69, 9.17) is 10.2 Å². The monoisotopic (exact) mass is 335 g/mol. The Balaban J connectivity index is 1.80. The predicted octanol–water partition coefficient (Wildman–Crippen LogP) is 6.50. The highest BCUT2D eigenvalue weighted by atomic mass is 16.3. The third-order valence-corrected chi connectivity index (χ3v) is 4.84. The smallest absolute Gasteiger partial charge is 0.143 e. The number of hydrogen-bond donors (Lipinski definition) is 1. The minimum Gasteiger partial charge on any atom is -0.455 e. The Morgan fingerprint density at radius 2 is 1.19 bits per heavy atom. The molecule has 0 unspecified atom stereocenters. The van der Waals surface area contributed by atoms with Crippen LogP contribution in [0.5, 0.6) is 0 Å². The highest BCUT2D eigenvalue weighted by molar-refractivity contribution is 6.10. The Morgan fingerprint density at radius 1 is 0.538 bits per heavy atom. The van der Waals surface area contributed by atoms with Crippen molar-refractivity contribution in [2.24, 2.45) is 0 Å². The fourth-order valence-corrected chi connectivity index (χ4v) is 3.59. The van der Waals surface area contributed by atoms with E-state index >= 15 is 0 Å². The van der Waals surface area contributed by atoms with Crippen LogP contribution in [0.4, 0.5) is 5.69 Å². The standard InChI is InChI=1S/C24H17NO/c25-17-14-12-16(13-15-17)18-6-1-2-7-19(18)21-9-5-10-22-20-8-3-4-11-23(20)26-24(21)22/h1-15H,25H2. The van der Waals surface area contributed by atoms with Gasteiger partial charge in [-0.1, -0.05) is 72.8 Å². The SMILES string of the molecule is Nc1ccc(-c2ccccc2-c2cccc3c2oc2ccccc23)cc1. The highest BCUT2D eigenvalue weighted by Crippen LogP contribution is 2.39. The first kappa shape index (κ1) is 14.8. The van der Waals surface area contributed by atoms with E-state index in [0.29, 0.717) is 0 Å². The Morgan fingerprint density at radius 3 is 2.04 bits per heavy atom. The second-order valence-corrected chi connectivity index (χ2v) is 6.45. The van der Waals surface area contributed by atoms with Gasteiger partial charge in [0.1, 0.15) is 11.2 Å². The second-order valence-electron chi connectivity index (χ2n) is 6.45. The van der Waals surface area contributed by atoms with Crippen LogP contribution in [0.25, 0.3) is 44.2 Å². The number of para-hydroxylation sites is 2. The van der Waals surface area contributed by atoms with Gasteiger partial charge < -0.3 is 10.2 Å². The van der Waals surface area contributed by atoms with Crippen LogP contribution in [-0.4, -0.2) is 0 Å². The molecule has 26 heavy (non-hydrogen) atoms. The molecule has 4 aromatic carbocycles. The van der Waals surface area contributed by atoms with Crippen LogP contribution in [0.15, 0.2) is 95.4 Å². The molecule has 0 amide bonds. The molecule has 1 aromatic heterocycles. The van der Waals surface area contributed by atoms with E-state index in [1.165, 1.54) is 5.56 Å². The molecular weight excluding hydrogens is 318 g/mol. The van der Waals surface area contributed by atoms with Gasteiger partial charge in [-0.15, -0.1) is 0 Å². The van der Waals surface area contributed by atoms with Crippen molar-refractivity contribution >= 4 is 27.6 Å². The zero-order valence-corrected chi connectivity index (χ0v) is 14.1. The molecule has 0 fully saturated rings. The summed E-state index contributed by atoms with van der Waals surface area (Å²) in [5, 5.41) is 2.29. The third kappa shape index (κ3) is 2.27. The van der Waals surface area contributed by atoms with Crippen LogP contribution in [0.2, 0.25) is 0 Å². The van der Waals surface area contributed by atoms with Crippen LogP contribution in [0.1, 0.15) is 0 Å². The molecule has 0 atom stereocenters. The van der Waals surface area contributed by atoms with Crippen molar-refractivity contribution in [1.29, 1.82) is 0 Å². The second kappa shape index (κ2) is 5.78. The molecule has 1 heterocycles. The number of rotatable bonds is 2. The quantitative estimate of drug-likeness (QED) is 0.374. The molecule has 0 radical (unpaired) electrons. The lowest BCUT2D eigenvalue weighted by Gasteiger charge is -2.11. The molecule has 2 nitrogen and oxygen atoms in total. The Bertz CT molecular complexity index is 1230. The van der Waals surface area contributed by atoms with Crippen molar-refractivity contribution in [3.05, 3.63) is 91.0 Å². The van der Waals surface area contributed by atoms with Crippen molar-refractivity contribution < 1.29 is 4.42 Å². The van der Waals surface area contributed by atoms with Crippen molar-refractivity contribution in [3.8, 4) is 22.3 Å². The number of benzene rings is 4. The Kier molecular flexibility index (Phi) is 3.29. The Labute approximate surface area is 151 Å². The normalized spacial score (nSPS) is 11.2. The molecule has 5 rings (SSSR count). The maximum Gasteiger partial charge on any atom is 0.143 e. The van der Waals surface area contributed by atoms with Crippen LogP contribution in [0, 0.1) is 0 Å². The third-order valence-electron chi connectivity index (χ3n) is 4.84. The minimum absolute atomic E-state index is 0.769. The summed E-state index contributed by atoms with van der Waals surface area (Å²) in [5.74, 6) is 0. The van der Waals surface area contributed by atoms with Crippen molar-refractivity contribution in [2.45, 2.75) is 0 Å². The Hall–Kier alpha value is -3.52. The largest absolute Gasteiger partial charge is 0.455 e. The summed E-state index contributed by atoms with van der Waals surface area (Å²) in [4.78, 5) is 0. The maximum absolute atomic E-state index is 6.23. The van der Waals surface area contributed by atoms with Crippen LogP contribution < -0.4 is 5.73 Å². The average molecular weight is 335 g/mol. The van der Waals surface area contributed by atoms with Gasteiger partial charge in [-0.2, -0.15) is 0 Å². The van der Waals surface area contributed by atoms with Gasteiger partial charge in [0.2, 0.25) is 0 Å². The number of hydrogen-bond acceptors (Lipinski definition) is 2. The lowest BCUT2D eigenvalue weighted by atomic mass is 9.93. The van der Waals surface area contributed by atoms with Gasteiger partial charge in [0.15, 0.2) is 0 Å². The lowest BCUT2D eigenvalue weighted by Crippen LogP contribution is -1.87. The average Bonchev–Trinajstić information content (AvgIpc) is 3.07. The van der Waals surface area contributed by atoms with Gasteiger partial charge in [-0.3, -0.25) is 0 Å². The number of furan rings is 1. The van der Waals surface area contributed by atoms with E-state index in [2.05, 4.69) is 60.7 Å².